The minimum atomic E-state index is -0.225. The molecule has 108 valence electrons. The van der Waals surface area contributed by atoms with Crippen LogP contribution in [0.25, 0.3) is 0 Å². The van der Waals surface area contributed by atoms with E-state index in [1.807, 2.05) is 18.1 Å². The van der Waals surface area contributed by atoms with E-state index in [0.29, 0.717) is 19.0 Å². The van der Waals surface area contributed by atoms with Gasteiger partial charge in [0.25, 0.3) is 0 Å². The SMILES string of the molecule is CSC(CO)C(C)NC(=O)C1CC(=O)N(C2CC2)C1. The zero-order valence-electron chi connectivity index (χ0n) is 11.5. The van der Waals surface area contributed by atoms with Gasteiger partial charge in [0.05, 0.1) is 12.5 Å². The van der Waals surface area contributed by atoms with Crippen LogP contribution in [-0.4, -0.2) is 58.6 Å². The third kappa shape index (κ3) is 3.42. The van der Waals surface area contributed by atoms with Gasteiger partial charge >= 0.3 is 0 Å². The molecule has 2 rings (SSSR count). The minimum Gasteiger partial charge on any atom is -0.395 e. The molecule has 1 aliphatic heterocycles. The molecule has 2 amide bonds. The highest BCUT2D eigenvalue weighted by Crippen LogP contribution is 2.32. The van der Waals surface area contributed by atoms with Gasteiger partial charge in [-0.1, -0.05) is 0 Å². The van der Waals surface area contributed by atoms with Gasteiger partial charge in [0.1, 0.15) is 0 Å². The lowest BCUT2D eigenvalue weighted by Gasteiger charge is -2.23. The molecule has 1 saturated carbocycles. The predicted octanol–water partition coefficient (Wildman–Crippen LogP) is 0.226. The highest BCUT2D eigenvalue weighted by molar-refractivity contribution is 7.99. The molecule has 2 N–H and O–H groups in total. The van der Waals surface area contributed by atoms with Crippen molar-refractivity contribution in [1.29, 1.82) is 0 Å². The monoisotopic (exact) mass is 286 g/mol. The second-order valence-electron chi connectivity index (χ2n) is 5.43. The minimum absolute atomic E-state index is 0.000546. The molecule has 2 fully saturated rings. The van der Waals surface area contributed by atoms with E-state index >= 15 is 0 Å². The molecule has 0 aromatic carbocycles. The largest absolute Gasteiger partial charge is 0.395 e. The Labute approximate surface area is 118 Å². The molecule has 0 spiro atoms. The summed E-state index contributed by atoms with van der Waals surface area (Å²) in [5.41, 5.74) is 0. The van der Waals surface area contributed by atoms with E-state index in [9.17, 15) is 14.7 Å². The maximum absolute atomic E-state index is 12.1. The first-order valence-electron chi connectivity index (χ1n) is 6.80. The lowest BCUT2D eigenvalue weighted by Crippen LogP contribution is -2.44. The normalized spacial score (nSPS) is 26.4. The molecule has 6 heteroatoms. The Morgan fingerprint density at radius 1 is 1.58 bits per heavy atom. The molecule has 0 aromatic rings. The topological polar surface area (TPSA) is 69.6 Å². The number of likely N-dealkylation sites (tertiary alicyclic amines) is 1. The van der Waals surface area contributed by atoms with Crippen LogP contribution in [0.3, 0.4) is 0 Å². The van der Waals surface area contributed by atoms with E-state index < -0.39 is 0 Å². The van der Waals surface area contributed by atoms with Crippen molar-refractivity contribution in [3.8, 4) is 0 Å². The number of carbonyl (C=O) groups excluding carboxylic acids is 2. The van der Waals surface area contributed by atoms with Crippen LogP contribution in [0.4, 0.5) is 0 Å². The Balaban J connectivity index is 1.85. The quantitative estimate of drug-likeness (QED) is 0.733. The van der Waals surface area contributed by atoms with E-state index in [-0.39, 0.29) is 35.6 Å². The van der Waals surface area contributed by atoms with Gasteiger partial charge in [-0.05, 0) is 26.0 Å². The molecule has 1 saturated heterocycles. The average molecular weight is 286 g/mol. The van der Waals surface area contributed by atoms with E-state index in [1.54, 1.807) is 0 Å². The molecule has 3 unspecified atom stereocenters. The first-order valence-corrected chi connectivity index (χ1v) is 8.09. The summed E-state index contributed by atoms with van der Waals surface area (Å²) in [5.74, 6) is -0.174. The predicted molar refractivity (Wildman–Crippen MR) is 74.8 cm³/mol. The van der Waals surface area contributed by atoms with Crippen LogP contribution < -0.4 is 5.32 Å². The van der Waals surface area contributed by atoms with Crippen LogP contribution in [0.5, 0.6) is 0 Å². The van der Waals surface area contributed by atoms with Gasteiger partial charge in [-0.2, -0.15) is 11.8 Å². The number of nitrogens with one attached hydrogen (secondary N) is 1. The van der Waals surface area contributed by atoms with E-state index in [2.05, 4.69) is 5.32 Å². The number of aliphatic hydroxyl groups excluding tert-OH is 1. The van der Waals surface area contributed by atoms with Gasteiger partial charge in [-0.3, -0.25) is 9.59 Å². The summed E-state index contributed by atoms with van der Waals surface area (Å²) in [5, 5.41) is 12.1. The maximum atomic E-state index is 12.1. The van der Waals surface area contributed by atoms with Crippen LogP contribution in [-0.2, 0) is 9.59 Å². The van der Waals surface area contributed by atoms with Crippen LogP contribution >= 0.6 is 11.8 Å². The highest BCUT2D eigenvalue weighted by Gasteiger charge is 2.42. The molecule has 19 heavy (non-hydrogen) atoms. The van der Waals surface area contributed by atoms with Crippen molar-refractivity contribution in [2.75, 3.05) is 19.4 Å². The van der Waals surface area contributed by atoms with Crippen LogP contribution in [0.15, 0.2) is 0 Å². The number of nitrogens with zero attached hydrogens (tertiary/aromatic N) is 1. The van der Waals surface area contributed by atoms with Crippen molar-refractivity contribution in [2.24, 2.45) is 5.92 Å². The summed E-state index contributed by atoms with van der Waals surface area (Å²) in [6, 6.07) is 0.302. The van der Waals surface area contributed by atoms with E-state index in [1.165, 1.54) is 11.8 Å². The van der Waals surface area contributed by atoms with E-state index in [4.69, 9.17) is 0 Å². The Kier molecular flexibility index (Phi) is 4.73. The number of hydrogen-bond donors (Lipinski definition) is 2. The van der Waals surface area contributed by atoms with E-state index in [0.717, 1.165) is 12.8 Å². The Bertz CT molecular complexity index is 356. The number of rotatable bonds is 6. The standard InChI is InChI=1S/C13H22N2O3S/c1-8(11(7-16)19-2)14-13(18)9-5-12(17)15(6-9)10-3-4-10/h8-11,16H,3-7H2,1-2H3,(H,14,18). The number of thioether (sulfide) groups is 1. The number of hydrogen-bond acceptors (Lipinski definition) is 4. The fourth-order valence-corrected chi connectivity index (χ4v) is 3.14. The van der Waals surface area contributed by atoms with Crippen LogP contribution in [0.1, 0.15) is 26.2 Å². The number of carbonyl (C=O) groups is 2. The number of aliphatic hydroxyl groups is 1. The number of amides is 2. The van der Waals surface area contributed by atoms with Crippen molar-refractivity contribution < 1.29 is 14.7 Å². The van der Waals surface area contributed by atoms with Crippen LogP contribution in [0, 0.1) is 5.92 Å². The Morgan fingerprint density at radius 2 is 2.26 bits per heavy atom. The smallest absolute Gasteiger partial charge is 0.225 e. The summed E-state index contributed by atoms with van der Waals surface area (Å²) in [6.07, 6.45) is 4.40. The lowest BCUT2D eigenvalue weighted by molar-refractivity contribution is -0.129. The molecule has 0 radical (unpaired) electrons. The fraction of sp³-hybridized carbons (Fsp3) is 0.846. The van der Waals surface area contributed by atoms with Crippen molar-refractivity contribution in [1.82, 2.24) is 10.2 Å². The van der Waals surface area contributed by atoms with Crippen molar-refractivity contribution >= 4 is 23.6 Å². The zero-order chi connectivity index (χ0) is 14.0. The maximum Gasteiger partial charge on any atom is 0.225 e. The average Bonchev–Trinajstić information content (AvgIpc) is 3.14. The van der Waals surface area contributed by atoms with Crippen LogP contribution in [0.2, 0.25) is 0 Å². The summed E-state index contributed by atoms with van der Waals surface area (Å²) in [6.45, 7) is 2.50. The van der Waals surface area contributed by atoms with Crippen molar-refractivity contribution in [3.63, 3.8) is 0 Å². The lowest BCUT2D eigenvalue weighted by atomic mass is 10.1. The molecule has 3 atom stereocenters. The third-order valence-corrected chi connectivity index (χ3v) is 5.09. The van der Waals surface area contributed by atoms with Gasteiger partial charge in [0.2, 0.25) is 11.8 Å². The van der Waals surface area contributed by atoms with Gasteiger partial charge in [0.15, 0.2) is 0 Å². The van der Waals surface area contributed by atoms with Gasteiger partial charge in [0, 0.05) is 30.3 Å². The molecule has 0 bridgehead atoms. The zero-order valence-corrected chi connectivity index (χ0v) is 12.3. The first kappa shape index (κ1) is 14.7. The van der Waals surface area contributed by atoms with Crippen molar-refractivity contribution in [2.45, 2.75) is 43.5 Å². The molecular weight excluding hydrogens is 264 g/mol. The van der Waals surface area contributed by atoms with Gasteiger partial charge < -0.3 is 15.3 Å². The molecule has 5 nitrogen and oxygen atoms in total. The Hall–Kier alpha value is -0.750. The second kappa shape index (κ2) is 6.13. The molecule has 1 heterocycles. The summed E-state index contributed by atoms with van der Waals surface area (Å²) in [7, 11) is 0. The van der Waals surface area contributed by atoms with Gasteiger partial charge in [-0.15, -0.1) is 0 Å². The van der Waals surface area contributed by atoms with Crippen molar-refractivity contribution in [3.05, 3.63) is 0 Å². The second-order valence-corrected chi connectivity index (χ2v) is 6.51. The molecule has 2 aliphatic rings. The fourth-order valence-electron chi connectivity index (χ4n) is 2.52. The summed E-state index contributed by atoms with van der Waals surface area (Å²) < 4.78 is 0. The molecular formula is C13H22N2O3S. The summed E-state index contributed by atoms with van der Waals surface area (Å²) in [4.78, 5) is 25.8. The van der Waals surface area contributed by atoms with Gasteiger partial charge in [-0.25, -0.2) is 0 Å². The first-order chi connectivity index (χ1) is 9.06. The summed E-state index contributed by atoms with van der Waals surface area (Å²) >= 11 is 1.54. The molecule has 0 aromatic heterocycles. The highest BCUT2D eigenvalue weighted by atomic mass is 32.2. The third-order valence-electron chi connectivity index (χ3n) is 3.93. The molecule has 1 aliphatic carbocycles. The Morgan fingerprint density at radius 3 is 2.79 bits per heavy atom.